The Morgan fingerprint density at radius 3 is 2.70 bits per heavy atom. The normalized spacial score (nSPS) is 21.7. The first kappa shape index (κ1) is 19.8. The van der Waals surface area contributed by atoms with E-state index >= 15 is 0 Å². The van der Waals surface area contributed by atoms with Crippen LogP contribution in [0.3, 0.4) is 0 Å². The van der Waals surface area contributed by atoms with Gasteiger partial charge in [-0.25, -0.2) is 8.42 Å². The molecule has 0 spiro atoms. The molecule has 0 amide bonds. The summed E-state index contributed by atoms with van der Waals surface area (Å²) in [6.45, 7) is 6.35. The van der Waals surface area contributed by atoms with Crippen molar-refractivity contribution in [2.45, 2.75) is 55.8 Å². The van der Waals surface area contributed by atoms with Crippen molar-refractivity contribution in [3.05, 3.63) is 14.3 Å². The van der Waals surface area contributed by atoms with Crippen LogP contribution in [0.2, 0.25) is 0 Å². The van der Waals surface area contributed by atoms with Gasteiger partial charge in [0.1, 0.15) is 4.21 Å². The number of halogens is 2. The van der Waals surface area contributed by atoms with Crippen LogP contribution in [0.4, 0.5) is 0 Å². The molecule has 1 aromatic heterocycles. The third-order valence-corrected chi connectivity index (χ3v) is 10.3. The van der Waals surface area contributed by atoms with E-state index in [4.69, 9.17) is 0 Å². The molecule has 132 valence electrons. The molecular formula is C15H24Br2N2O2S2. The highest BCUT2D eigenvalue weighted by atomic mass is 79.9. The second-order valence-electron chi connectivity index (χ2n) is 6.23. The number of piperidine rings is 1. The molecule has 2 rings (SSSR count). The lowest BCUT2D eigenvalue weighted by Crippen LogP contribution is -2.42. The van der Waals surface area contributed by atoms with Gasteiger partial charge in [0.05, 0.1) is 3.79 Å². The highest BCUT2D eigenvalue weighted by Crippen LogP contribution is 2.36. The fourth-order valence-corrected chi connectivity index (χ4v) is 7.25. The van der Waals surface area contributed by atoms with Gasteiger partial charge in [-0.15, -0.1) is 11.3 Å². The number of nitrogens with zero attached hydrogens (tertiary/aromatic N) is 2. The van der Waals surface area contributed by atoms with Crippen molar-refractivity contribution in [2.75, 3.05) is 20.1 Å². The van der Waals surface area contributed by atoms with E-state index in [9.17, 15) is 8.42 Å². The summed E-state index contributed by atoms with van der Waals surface area (Å²) in [4.78, 5) is 2.48. The van der Waals surface area contributed by atoms with E-state index in [2.05, 4.69) is 43.7 Å². The molecular weight excluding hydrogens is 464 g/mol. The minimum Gasteiger partial charge on any atom is -0.301 e. The molecule has 0 aromatic carbocycles. The van der Waals surface area contributed by atoms with Crippen LogP contribution < -0.4 is 0 Å². The zero-order valence-electron chi connectivity index (χ0n) is 13.8. The zero-order chi connectivity index (χ0) is 17.2. The van der Waals surface area contributed by atoms with Crippen LogP contribution in [0.5, 0.6) is 0 Å². The number of sulfonamides is 1. The highest BCUT2D eigenvalue weighted by Gasteiger charge is 2.28. The molecule has 4 nitrogen and oxygen atoms in total. The molecule has 0 radical (unpaired) electrons. The second kappa shape index (κ2) is 8.27. The summed E-state index contributed by atoms with van der Waals surface area (Å²) >= 11 is 7.97. The molecule has 8 heteroatoms. The van der Waals surface area contributed by atoms with Crippen molar-refractivity contribution in [1.29, 1.82) is 0 Å². The Hall–Kier alpha value is 0.530. The van der Waals surface area contributed by atoms with Gasteiger partial charge in [-0.3, -0.25) is 0 Å². The van der Waals surface area contributed by atoms with Gasteiger partial charge in [0.25, 0.3) is 10.0 Å². The lowest BCUT2D eigenvalue weighted by molar-refractivity contribution is 0.149. The van der Waals surface area contributed by atoms with Gasteiger partial charge < -0.3 is 4.90 Å². The van der Waals surface area contributed by atoms with Gasteiger partial charge in [-0.2, -0.15) is 4.31 Å². The molecule has 1 aliphatic heterocycles. The van der Waals surface area contributed by atoms with Crippen molar-refractivity contribution in [2.24, 2.45) is 0 Å². The summed E-state index contributed by atoms with van der Waals surface area (Å²) < 4.78 is 28.9. The van der Waals surface area contributed by atoms with Crippen LogP contribution in [-0.2, 0) is 10.0 Å². The van der Waals surface area contributed by atoms with Crippen LogP contribution in [0.1, 0.15) is 39.5 Å². The van der Waals surface area contributed by atoms with E-state index in [1.54, 1.807) is 13.1 Å². The molecule has 1 aliphatic rings. The summed E-state index contributed by atoms with van der Waals surface area (Å²) in [5, 5.41) is 0. The Morgan fingerprint density at radius 2 is 2.13 bits per heavy atom. The second-order valence-corrected chi connectivity index (χ2v) is 11.7. The van der Waals surface area contributed by atoms with E-state index in [1.807, 2.05) is 6.92 Å². The summed E-state index contributed by atoms with van der Waals surface area (Å²) in [5.41, 5.74) is 0. The van der Waals surface area contributed by atoms with Crippen LogP contribution >= 0.6 is 43.2 Å². The van der Waals surface area contributed by atoms with Crippen molar-refractivity contribution >= 4 is 53.2 Å². The topological polar surface area (TPSA) is 40.6 Å². The molecule has 0 aliphatic carbocycles. The Kier molecular flexibility index (Phi) is 7.14. The molecule has 1 unspecified atom stereocenters. The minimum absolute atomic E-state index is 0.0197. The van der Waals surface area contributed by atoms with E-state index in [0.717, 1.165) is 27.8 Å². The fourth-order valence-electron chi connectivity index (χ4n) is 2.86. The van der Waals surface area contributed by atoms with Crippen molar-refractivity contribution in [1.82, 2.24) is 9.21 Å². The van der Waals surface area contributed by atoms with Gasteiger partial charge in [-0.1, -0.05) is 6.42 Å². The average Bonchev–Trinajstić information content (AvgIpc) is 2.85. The molecule has 23 heavy (non-hydrogen) atoms. The quantitative estimate of drug-likeness (QED) is 0.591. The van der Waals surface area contributed by atoms with Crippen molar-refractivity contribution in [3.8, 4) is 0 Å². The average molecular weight is 488 g/mol. The molecule has 2 heterocycles. The maximum absolute atomic E-state index is 12.7. The van der Waals surface area contributed by atoms with Crippen molar-refractivity contribution in [3.63, 3.8) is 0 Å². The number of hydrogen-bond donors (Lipinski definition) is 0. The van der Waals surface area contributed by atoms with E-state index in [1.165, 1.54) is 34.9 Å². The fraction of sp³-hybridized carbons (Fsp3) is 0.733. The number of thiophene rings is 1. The van der Waals surface area contributed by atoms with Gasteiger partial charge in [0, 0.05) is 23.6 Å². The molecule has 1 saturated heterocycles. The molecule has 0 saturated carbocycles. The van der Waals surface area contributed by atoms with Crippen LogP contribution in [0, 0.1) is 0 Å². The van der Waals surface area contributed by atoms with Crippen LogP contribution in [0.25, 0.3) is 0 Å². The summed E-state index contributed by atoms with van der Waals surface area (Å²) in [6, 6.07) is 2.26. The molecule has 2 atom stereocenters. The van der Waals surface area contributed by atoms with Crippen LogP contribution in [0.15, 0.2) is 18.5 Å². The van der Waals surface area contributed by atoms with Gasteiger partial charge >= 0.3 is 0 Å². The maximum Gasteiger partial charge on any atom is 0.252 e. The van der Waals surface area contributed by atoms with E-state index in [0.29, 0.717) is 10.3 Å². The zero-order valence-corrected chi connectivity index (χ0v) is 18.6. The van der Waals surface area contributed by atoms with Gasteiger partial charge in [0.2, 0.25) is 0 Å². The summed E-state index contributed by atoms with van der Waals surface area (Å²) in [5.74, 6) is 0. The Bertz CT molecular complexity index is 614. The standard InChI is InChI=1S/C15H24Br2N2O2S2/c1-11(7-9-19-8-5-4-6-12(19)2)18(3)23(20,21)14-10-13(16)15(17)22-14/h10-12H,4-9H2,1-3H3/t11?,12-/m0/s1. The number of rotatable bonds is 6. The van der Waals surface area contributed by atoms with Gasteiger partial charge in [-0.05, 0) is 84.1 Å². The molecule has 0 bridgehead atoms. The first-order valence-electron chi connectivity index (χ1n) is 7.90. The minimum atomic E-state index is -3.43. The first-order chi connectivity index (χ1) is 10.7. The van der Waals surface area contributed by atoms with Crippen LogP contribution in [-0.4, -0.2) is 49.8 Å². The smallest absolute Gasteiger partial charge is 0.252 e. The Labute approximate surface area is 160 Å². The number of hydrogen-bond acceptors (Lipinski definition) is 4. The summed E-state index contributed by atoms with van der Waals surface area (Å²) in [7, 11) is -1.75. The maximum atomic E-state index is 12.7. The first-order valence-corrected chi connectivity index (χ1v) is 11.7. The van der Waals surface area contributed by atoms with E-state index in [-0.39, 0.29) is 6.04 Å². The van der Waals surface area contributed by atoms with Crippen molar-refractivity contribution < 1.29 is 8.42 Å². The highest BCUT2D eigenvalue weighted by molar-refractivity contribution is 9.13. The monoisotopic (exact) mass is 486 g/mol. The Balaban J connectivity index is 1.99. The van der Waals surface area contributed by atoms with Gasteiger partial charge in [0.15, 0.2) is 0 Å². The predicted octanol–water partition coefficient (Wildman–Crippen LogP) is 4.55. The number of likely N-dealkylation sites (tertiary alicyclic amines) is 1. The SMILES string of the molecule is CC(CCN1CCCC[C@@H]1C)N(C)S(=O)(=O)c1cc(Br)c(Br)s1. The third kappa shape index (κ3) is 4.79. The van der Waals surface area contributed by atoms with E-state index < -0.39 is 10.0 Å². The predicted molar refractivity (Wildman–Crippen MR) is 104 cm³/mol. The Morgan fingerprint density at radius 1 is 1.43 bits per heavy atom. The lowest BCUT2D eigenvalue weighted by Gasteiger charge is -2.34. The largest absolute Gasteiger partial charge is 0.301 e. The summed E-state index contributed by atoms with van der Waals surface area (Å²) in [6.07, 6.45) is 4.67. The third-order valence-electron chi connectivity index (χ3n) is 4.65. The molecule has 1 fully saturated rings. The lowest BCUT2D eigenvalue weighted by atomic mass is 10.0. The molecule has 0 N–H and O–H groups in total. The molecule has 1 aromatic rings.